The fourth-order valence-electron chi connectivity index (χ4n) is 5.45. The highest BCUT2D eigenvalue weighted by molar-refractivity contribution is 5.85. The van der Waals surface area contributed by atoms with Gasteiger partial charge in [-0.2, -0.15) is 0 Å². The molecule has 1 aromatic rings. The summed E-state index contributed by atoms with van der Waals surface area (Å²) in [5.74, 6) is 0.259. The zero-order valence-electron chi connectivity index (χ0n) is 16.7. The lowest BCUT2D eigenvalue weighted by molar-refractivity contribution is -0.0485. The zero-order chi connectivity index (χ0) is 18.3. The van der Waals surface area contributed by atoms with E-state index in [1.165, 1.54) is 5.56 Å². The number of methoxy groups -OCH3 is 1. The van der Waals surface area contributed by atoms with Gasteiger partial charge in [0, 0.05) is 45.1 Å². The monoisotopic (exact) mass is 436 g/mol. The Morgan fingerprint density at radius 2 is 1.68 bits per heavy atom. The highest BCUT2D eigenvalue weighted by Crippen LogP contribution is 2.45. The van der Waals surface area contributed by atoms with Gasteiger partial charge >= 0.3 is 0 Å². The van der Waals surface area contributed by atoms with Gasteiger partial charge in [0.15, 0.2) is 0 Å². The first-order chi connectivity index (χ1) is 12.4. The Morgan fingerprint density at radius 1 is 1.04 bits per heavy atom. The normalized spacial score (nSPS) is 30.4. The van der Waals surface area contributed by atoms with E-state index in [0.717, 1.165) is 31.9 Å². The highest BCUT2D eigenvalue weighted by Gasteiger charge is 2.46. The van der Waals surface area contributed by atoms with Gasteiger partial charge < -0.3 is 9.64 Å². The average molecular weight is 437 g/mol. The van der Waals surface area contributed by atoms with Gasteiger partial charge in [0.1, 0.15) is 5.75 Å². The number of alkyl halides is 2. The molecule has 3 nitrogen and oxygen atoms in total. The number of ether oxygens (including phenoxy) is 1. The van der Waals surface area contributed by atoms with Crippen molar-refractivity contribution in [3.63, 3.8) is 0 Å². The Morgan fingerprint density at radius 3 is 2.29 bits per heavy atom. The van der Waals surface area contributed by atoms with Gasteiger partial charge in [0.05, 0.1) is 7.11 Å². The summed E-state index contributed by atoms with van der Waals surface area (Å²) in [5.41, 5.74) is 1.36. The number of likely N-dealkylation sites (tertiary alicyclic amines) is 2. The highest BCUT2D eigenvalue weighted by atomic mass is 35.5. The molecule has 3 fully saturated rings. The molecule has 1 aliphatic carbocycles. The van der Waals surface area contributed by atoms with Crippen LogP contribution < -0.4 is 4.74 Å². The summed E-state index contributed by atoms with van der Waals surface area (Å²) >= 11 is 0. The fourth-order valence-corrected chi connectivity index (χ4v) is 5.45. The summed E-state index contributed by atoms with van der Waals surface area (Å²) in [5, 5.41) is 0. The van der Waals surface area contributed by atoms with Gasteiger partial charge in [-0.15, -0.1) is 24.8 Å². The maximum Gasteiger partial charge on any atom is 0.248 e. The Hall–Kier alpha value is -0.620. The van der Waals surface area contributed by atoms with Crippen molar-refractivity contribution in [3.8, 4) is 5.75 Å². The van der Waals surface area contributed by atoms with Crippen molar-refractivity contribution in [2.24, 2.45) is 17.8 Å². The van der Waals surface area contributed by atoms with Crippen LogP contribution in [0.5, 0.6) is 5.75 Å². The standard InChI is InChI=1S/C21H30F2N2O.2ClH/c1-24-12-17-13-25(11-15-7-9-21(22,23)10-8-15)14-19(17)20(24)16-3-5-18(26-2)6-4-16;;/h3-6,15,17,19-20H,7-14H2,1-2H3;2*1H/t17-,19+,20-;;/m0../s1. The van der Waals surface area contributed by atoms with E-state index in [2.05, 4.69) is 29.0 Å². The Balaban J connectivity index is 0.00000140. The van der Waals surface area contributed by atoms with Crippen LogP contribution in [0.4, 0.5) is 8.78 Å². The molecule has 0 radical (unpaired) electrons. The molecule has 1 aromatic carbocycles. The molecule has 2 heterocycles. The summed E-state index contributed by atoms with van der Waals surface area (Å²) in [6, 6.07) is 8.92. The van der Waals surface area contributed by atoms with Crippen LogP contribution in [0, 0.1) is 17.8 Å². The first-order valence-corrected chi connectivity index (χ1v) is 9.89. The number of nitrogens with zero attached hydrogens (tertiary/aromatic N) is 2. The van der Waals surface area contributed by atoms with Crippen LogP contribution in [0.1, 0.15) is 37.3 Å². The van der Waals surface area contributed by atoms with Crippen LogP contribution in [0.2, 0.25) is 0 Å². The first-order valence-electron chi connectivity index (χ1n) is 9.89. The van der Waals surface area contributed by atoms with Crippen LogP contribution >= 0.6 is 24.8 Å². The predicted molar refractivity (Wildman–Crippen MR) is 113 cm³/mol. The van der Waals surface area contributed by atoms with Crippen molar-refractivity contribution < 1.29 is 13.5 Å². The van der Waals surface area contributed by atoms with Crippen molar-refractivity contribution in [1.29, 1.82) is 0 Å². The molecule has 2 aliphatic heterocycles. The number of hydrogen-bond donors (Lipinski definition) is 0. The number of fused-ring (bicyclic) bond motifs is 1. The van der Waals surface area contributed by atoms with Crippen molar-refractivity contribution in [1.82, 2.24) is 9.80 Å². The van der Waals surface area contributed by atoms with Crippen molar-refractivity contribution in [2.75, 3.05) is 40.3 Å². The molecule has 0 unspecified atom stereocenters. The van der Waals surface area contributed by atoms with Crippen LogP contribution in [0.3, 0.4) is 0 Å². The molecule has 0 aromatic heterocycles. The average Bonchev–Trinajstić information content (AvgIpc) is 3.12. The number of halogens is 4. The Bertz CT molecular complexity index is 621. The molecule has 0 bridgehead atoms. The maximum absolute atomic E-state index is 13.4. The van der Waals surface area contributed by atoms with Crippen LogP contribution in [-0.2, 0) is 0 Å². The third kappa shape index (κ3) is 4.92. The zero-order valence-corrected chi connectivity index (χ0v) is 18.3. The lowest BCUT2D eigenvalue weighted by Crippen LogP contribution is -2.35. The van der Waals surface area contributed by atoms with E-state index < -0.39 is 5.92 Å². The summed E-state index contributed by atoms with van der Waals surface area (Å²) in [4.78, 5) is 5.03. The van der Waals surface area contributed by atoms with Gasteiger partial charge in [-0.05, 0) is 55.3 Å². The molecule has 1 saturated carbocycles. The van der Waals surface area contributed by atoms with Crippen molar-refractivity contribution in [3.05, 3.63) is 29.8 Å². The molecule has 3 atom stereocenters. The molecule has 28 heavy (non-hydrogen) atoms. The lowest BCUT2D eigenvalue weighted by Gasteiger charge is -2.32. The molecule has 0 amide bonds. The Kier molecular flexibility index (Phi) is 7.99. The van der Waals surface area contributed by atoms with Gasteiger partial charge in [0.25, 0.3) is 0 Å². The lowest BCUT2D eigenvalue weighted by atomic mass is 9.86. The summed E-state index contributed by atoms with van der Waals surface area (Å²) in [6.07, 6.45) is 1.52. The van der Waals surface area contributed by atoms with Crippen LogP contribution in [-0.4, -0.2) is 56.1 Å². The minimum atomic E-state index is -2.42. The molecule has 4 rings (SSSR count). The molecule has 0 spiro atoms. The molecule has 3 aliphatic rings. The van der Waals surface area contributed by atoms with E-state index in [1.807, 2.05) is 12.1 Å². The Labute approximate surface area is 179 Å². The van der Waals surface area contributed by atoms with Crippen LogP contribution in [0.15, 0.2) is 24.3 Å². The topological polar surface area (TPSA) is 15.7 Å². The first kappa shape index (κ1) is 23.7. The van der Waals surface area contributed by atoms with E-state index in [0.29, 0.717) is 36.6 Å². The van der Waals surface area contributed by atoms with Crippen LogP contribution in [0.25, 0.3) is 0 Å². The minimum absolute atomic E-state index is 0. The second-order valence-corrected chi connectivity index (χ2v) is 8.60. The summed E-state index contributed by atoms with van der Waals surface area (Å²) < 4.78 is 32.1. The number of rotatable bonds is 4. The molecule has 0 N–H and O–H groups in total. The molecule has 7 heteroatoms. The largest absolute Gasteiger partial charge is 0.497 e. The third-order valence-electron chi connectivity index (χ3n) is 6.78. The van der Waals surface area contributed by atoms with Crippen molar-refractivity contribution in [2.45, 2.75) is 37.6 Å². The van der Waals surface area contributed by atoms with Gasteiger partial charge in [-0.1, -0.05) is 12.1 Å². The second-order valence-electron chi connectivity index (χ2n) is 8.60. The van der Waals surface area contributed by atoms with Gasteiger partial charge in [-0.25, -0.2) is 8.78 Å². The smallest absolute Gasteiger partial charge is 0.248 e. The van der Waals surface area contributed by atoms with E-state index in [9.17, 15) is 8.78 Å². The third-order valence-corrected chi connectivity index (χ3v) is 6.78. The summed E-state index contributed by atoms with van der Waals surface area (Å²) in [7, 11) is 3.92. The summed E-state index contributed by atoms with van der Waals surface area (Å²) in [6.45, 7) is 4.34. The van der Waals surface area contributed by atoms with Gasteiger partial charge in [-0.3, -0.25) is 4.90 Å². The molecular weight excluding hydrogens is 405 g/mol. The molecule has 2 saturated heterocycles. The minimum Gasteiger partial charge on any atom is -0.497 e. The van der Waals surface area contributed by atoms with E-state index >= 15 is 0 Å². The number of benzene rings is 1. The van der Waals surface area contributed by atoms with Gasteiger partial charge in [0.2, 0.25) is 5.92 Å². The molecular formula is C21H32Cl2F2N2O. The maximum atomic E-state index is 13.4. The van der Waals surface area contributed by atoms with Crippen molar-refractivity contribution >= 4 is 24.8 Å². The molecule has 160 valence electrons. The fraction of sp³-hybridized carbons (Fsp3) is 0.714. The van der Waals surface area contributed by atoms with E-state index in [1.54, 1.807) is 7.11 Å². The quantitative estimate of drug-likeness (QED) is 0.667. The van der Waals surface area contributed by atoms with E-state index in [-0.39, 0.29) is 37.7 Å². The second kappa shape index (κ2) is 9.46. The predicted octanol–water partition coefficient (Wildman–Crippen LogP) is 4.90. The SMILES string of the molecule is COc1ccc([C@H]2[C@@H]3CN(CC4CCC(F)(F)CC4)C[C@@H]3CN2C)cc1.Cl.Cl. The number of hydrogen-bond acceptors (Lipinski definition) is 3. The van der Waals surface area contributed by atoms with E-state index in [4.69, 9.17) is 4.74 Å².